The summed E-state index contributed by atoms with van der Waals surface area (Å²) in [6.07, 6.45) is 0. The van der Waals surface area contributed by atoms with Crippen LogP contribution in [0.15, 0.2) is 28.7 Å². The Labute approximate surface area is 135 Å². The van der Waals surface area contributed by atoms with Crippen molar-refractivity contribution in [2.24, 2.45) is 0 Å². The summed E-state index contributed by atoms with van der Waals surface area (Å²) in [6.45, 7) is 8.43. The highest BCUT2D eigenvalue weighted by molar-refractivity contribution is 9.10. The molecule has 0 atom stereocenters. The molecule has 0 bridgehead atoms. The number of carbonyl (C=O) groups excluding carboxylic acids is 1. The van der Waals surface area contributed by atoms with Gasteiger partial charge in [-0.1, -0.05) is 34.1 Å². The van der Waals surface area contributed by atoms with E-state index in [-0.39, 0.29) is 5.78 Å². The Hall–Kier alpha value is -0.750. The standard InChI is InChI=1S/C16H24BrNO3/c1-3-20-11-9-18(10-12-21-4-2)13-16(19)14-7-5-6-8-15(14)17/h5-8H,3-4,9-13H2,1-2H3. The molecule has 0 saturated carbocycles. The fourth-order valence-corrected chi connectivity index (χ4v) is 2.43. The van der Waals surface area contributed by atoms with Gasteiger partial charge in [-0.25, -0.2) is 0 Å². The lowest BCUT2D eigenvalue weighted by atomic mass is 10.1. The summed E-state index contributed by atoms with van der Waals surface area (Å²) in [4.78, 5) is 14.5. The maximum Gasteiger partial charge on any atom is 0.177 e. The number of benzene rings is 1. The van der Waals surface area contributed by atoms with E-state index < -0.39 is 0 Å². The van der Waals surface area contributed by atoms with Gasteiger partial charge < -0.3 is 9.47 Å². The van der Waals surface area contributed by atoms with Crippen LogP contribution >= 0.6 is 15.9 Å². The Morgan fingerprint density at radius 2 is 1.67 bits per heavy atom. The van der Waals surface area contributed by atoms with E-state index >= 15 is 0 Å². The van der Waals surface area contributed by atoms with Gasteiger partial charge in [0, 0.05) is 36.3 Å². The Morgan fingerprint density at radius 1 is 1.10 bits per heavy atom. The number of ether oxygens (including phenoxy) is 2. The molecule has 0 N–H and O–H groups in total. The minimum absolute atomic E-state index is 0.107. The summed E-state index contributed by atoms with van der Waals surface area (Å²) >= 11 is 3.43. The normalized spacial score (nSPS) is 11.0. The summed E-state index contributed by atoms with van der Waals surface area (Å²) in [5.74, 6) is 0.107. The maximum atomic E-state index is 12.4. The third-order valence-electron chi connectivity index (χ3n) is 3.05. The second-order valence-corrected chi connectivity index (χ2v) is 5.43. The van der Waals surface area contributed by atoms with E-state index in [9.17, 15) is 4.79 Å². The zero-order chi connectivity index (χ0) is 15.5. The van der Waals surface area contributed by atoms with Crippen molar-refractivity contribution in [3.63, 3.8) is 0 Å². The average Bonchev–Trinajstić information content (AvgIpc) is 2.48. The number of hydrogen-bond acceptors (Lipinski definition) is 4. The number of Topliss-reactive ketones (excluding diaryl/α,β-unsaturated/α-hetero) is 1. The summed E-state index contributed by atoms with van der Waals surface area (Å²) in [5, 5.41) is 0. The van der Waals surface area contributed by atoms with Crippen molar-refractivity contribution in [2.75, 3.05) is 46.1 Å². The van der Waals surface area contributed by atoms with E-state index in [0.717, 1.165) is 23.1 Å². The van der Waals surface area contributed by atoms with Crippen LogP contribution in [-0.2, 0) is 9.47 Å². The topological polar surface area (TPSA) is 38.8 Å². The number of hydrogen-bond donors (Lipinski definition) is 0. The van der Waals surface area contributed by atoms with E-state index in [2.05, 4.69) is 20.8 Å². The minimum atomic E-state index is 0.107. The van der Waals surface area contributed by atoms with Crippen molar-refractivity contribution >= 4 is 21.7 Å². The molecule has 0 saturated heterocycles. The molecule has 0 spiro atoms. The molecule has 1 aromatic rings. The van der Waals surface area contributed by atoms with Crippen molar-refractivity contribution in [3.05, 3.63) is 34.3 Å². The molecular formula is C16H24BrNO3. The summed E-state index contributed by atoms with van der Waals surface area (Å²) in [7, 11) is 0. The van der Waals surface area contributed by atoms with Crippen LogP contribution in [0, 0.1) is 0 Å². The molecule has 5 heteroatoms. The van der Waals surface area contributed by atoms with Gasteiger partial charge in [0.25, 0.3) is 0 Å². The van der Waals surface area contributed by atoms with Crippen LogP contribution in [-0.4, -0.2) is 56.7 Å². The average molecular weight is 358 g/mol. The van der Waals surface area contributed by atoms with Crippen molar-refractivity contribution in [1.82, 2.24) is 4.90 Å². The first-order chi connectivity index (χ1) is 10.2. The van der Waals surface area contributed by atoms with E-state index in [1.807, 2.05) is 38.1 Å². The van der Waals surface area contributed by atoms with Crippen LogP contribution in [0.3, 0.4) is 0 Å². The zero-order valence-electron chi connectivity index (χ0n) is 12.8. The lowest BCUT2D eigenvalue weighted by molar-refractivity contribution is 0.0725. The fourth-order valence-electron chi connectivity index (χ4n) is 1.92. The van der Waals surface area contributed by atoms with Crippen molar-refractivity contribution < 1.29 is 14.3 Å². The van der Waals surface area contributed by atoms with Crippen LogP contribution < -0.4 is 0 Å². The van der Waals surface area contributed by atoms with Crippen molar-refractivity contribution in [2.45, 2.75) is 13.8 Å². The molecule has 21 heavy (non-hydrogen) atoms. The van der Waals surface area contributed by atoms with Gasteiger partial charge >= 0.3 is 0 Å². The van der Waals surface area contributed by atoms with Crippen molar-refractivity contribution in [1.29, 1.82) is 0 Å². The number of halogens is 1. The van der Waals surface area contributed by atoms with Gasteiger partial charge in [-0.2, -0.15) is 0 Å². The number of rotatable bonds is 11. The summed E-state index contributed by atoms with van der Waals surface area (Å²) in [5.41, 5.74) is 0.718. The molecule has 1 aromatic carbocycles. The highest BCUT2D eigenvalue weighted by Gasteiger charge is 2.14. The highest BCUT2D eigenvalue weighted by atomic mass is 79.9. The quantitative estimate of drug-likeness (QED) is 0.450. The molecule has 4 nitrogen and oxygen atoms in total. The third kappa shape index (κ3) is 7.18. The summed E-state index contributed by atoms with van der Waals surface area (Å²) in [6, 6.07) is 7.51. The molecule has 0 aromatic heterocycles. The highest BCUT2D eigenvalue weighted by Crippen LogP contribution is 2.16. The van der Waals surface area contributed by atoms with Crippen molar-refractivity contribution in [3.8, 4) is 0 Å². The van der Waals surface area contributed by atoms with E-state index in [1.54, 1.807) is 0 Å². The molecule has 0 fully saturated rings. The van der Waals surface area contributed by atoms with Gasteiger partial charge in [0.2, 0.25) is 0 Å². The predicted octanol–water partition coefficient (Wildman–Crippen LogP) is 3.01. The van der Waals surface area contributed by atoms with Crippen LogP contribution in [0.2, 0.25) is 0 Å². The molecule has 0 radical (unpaired) electrons. The SMILES string of the molecule is CCOCCN(CCOCC)CC(=O)c1ccccc1Br. The Bertz CT molecular complexity index is 416. The molecule has 0 aliphatic rings. The zero-order valence-corrected chi connectivity index (χ0v) is 14.4. The van der Waals surface area contributed by atoms with Gasteiger partial charge in [-0.15, -0.1) is 0 Å². The number of ketones is 1. The van der Waals surface area contributed by atoms with Crippen LogP contribution in [0.1, 0.15) is 24.2 Å². The smallest absolute Gasteiger partial charge is 0.177 e. The first-order valence-electron chi connectivity index (χ1n) is 7.34. The monoisotopic (exact) mass is 357 g/mol. The van der Waals surface area contributed by atoms with Gasteiger partial charge in [-0.05, 0) is 19.9 Å². The second-order valence-electron chi connectivity index (χ2n) is 4.57. The Balaban J connectivity index is 2.57. The van der Waals surface area contributed by atoms with E-state index in [4.69, 9.17) is 9.47 Å². The predicted molar refractivity (Wildman–Crippen MR) is 87.9 cm³/mol. The fraction of sp³-hybridized carbons (Fsp3) is 0.562. The number of nitrogens with zero attached hydrogens (tertiary/aromatic N) is 1. The molecule has 0 amide bonds. The van der Waals surface area contributed by atoms with Crippen LogP contribution in [0.25, 0.3) is 0 Å². The van der Waals surface area contributed by atoms with Gasteiger partial charge in [0.05, 0.1) is 19.8 Å². The molecule has 0 aliphatic heterocycles. The molecule has 118 valence electrons. The molecule has 1 rings (SSSR count). The molecule has 0 aliphatic carbocycles. The van der Waals surface area contributed by atoms with E-state index in [1.165, 1.54) is 0 Å². The lowest BCUT2D eigenvalue weighted by Crippen LogP contribution is -2.35. The summed E-state index contributed by atoms with van der Waals surface area (Å²) < 4.78 is 11.6. The van der Waals surface area contributed by atoms with Gasteiger partial charge in [0.1, 0.15) is 0 Å². The Morgan fingerprint density at radius 3 is 2.19 bits per heavy atom. The molecule has 0 unspecified atom stereocenters. The number of carbonyl (C=O) groups is 1. The lowest BCUT2D eigenvalue weighted by Gasteiger charge is -2.21. The molecule has 0 heterocycles. The van der Waals surface area contributed by atoms with Gasteiger partial charge in [-0.3, -0.25) is 9.69 Å². The first-order valence-corrected chi connectivity index (χ1v) is 8.13. The molecular weight excluding hydrogens is 334 g/mol. The third-order valence-corrected chi connectivity index (χ3v) is 3.74. The largest absolute Gasteiger partial charge is 0.380 e. The Kier molecular flexibility index (Phi) is 9.50. The van der Waals surface area contributed by atoms with E-state index in [0.29, 0.717) is 33.0 Å². The second kappa shape index (κ2) is 10.9. The van der Waals surface area contributed by atoms with Crippen LogP contribution in [0.5, 0.6) is 0 Å². The minimum Gasteiger partial charge on any atom is -0.380 e. The maximum absolute atomic E-state index is 12.4. The van der Waals surface area contributed by atoms with Gasteiger partial charge in [0.15, 0.2) is 5.78 Å². The first kappa shape index (κ1) is 18.3. The van der Waals surface area contributed by atoms with Crippen LogP contribution in [0.4, 0.5) is 0 Å².